The molecule has 0 amide bonds. The Morgan fingerprint density at radius 3 is 1.25 bits per heavy atom. The van der Waals surface area contributed by atoms with Crippen molar-refractivity contribution in [2.24, 2.45) is 0 Å². The highest BCUT2D eigenvalue weighted by atomic mass is 27.1. The maximum atomic E-state index is 10.1. The van der Waals surface area contributed by atoms with Crippen molar-refractivity contribution in [3.8, 4) is 0 Å². The maximum absolute atomic E-state index is 10.1. The van der Waals surface area contributed by atoms with Gasteiger partial charge in [-0.3, -0.25) is 19.2 Å². The minimum absolute atomic E-state index is 0.428. The van der Waals surface area contributed by atoms with Crippen molar-refractivity contribution >= 4 is 51.7 Å². The van der Waals surface area contributed by atoms with Crippen LogP contribution in [0.15, 0.2) is 0 Å². The van der Waals surface area contributed by atoms with Crippen LogP contribution in [0.5, 0.6) is 0 Å². The van der Waals surface area contributed by atoms with Crippen molar-refractivity contribution in [1.29, 1.82) is 0 Å². The van der Waals surface area contributed by atoms with Crippen LogP contribution in [0.2, 0.25) is 0 Å². The molecule has 2 N–H and O–H groups in total. The van der Waals surface area contributed by atoms with Crippen LogP contribution < -0.4 is 0 Å². The summed E-state index contributed by atoms with van der Waals surface area (Å²) >= 11 is 2.23. The van der Waals surface area contributed by atoms with Crippen LogP contribution in [-0.2, 0) is 32.6 Å². The van der Waals surface area contributed by atoms with Crippen LogP contribution in [0.4, 0.5) is 0 Å². The molecule has 0 aromatic carbocycles. The van der Waals surface area contributed by atoms with Crippen molar-refractivity contribution < 1.29 is 42.8 Å². The fourth-order valence-electron chi connectivity index (χ4n) is 0.831. The normalized spacial score (nSPS) is 8.62. The highest BCUT2D eigenvalue weighted by molar-refractivity contribution is 6.36. The molecule has 134 valence electrons. The van der Waals surface area contributed by atoms with Crippen LogP contribution >= 0.6 is 0 Å². The second kappa shape index (κ2) is 17.5. The molecule has 0 atom stereocenters. The Balaban J connectivity index is -0.000000282. The minimum Gasteiger partial charge on any atom is -0.516 e. The third-order valence-electron chi connectivity index (χ3n) is 1.91. The molecule has 0 aromatic rings. The molecule has 0 aliphatic rings. The summed E-state index contributed by atoms with van der Waals surface area (Å²) in [7, 11) is 0. The summed E-state index contributed by atoms with van der Waals surface area (Å²) in [5.41, 5.74) is 0. The number of unbranched alkanes of at least 4 members (excludes halogenated alkanes) is 1. The largest absolute Gasteiger partial charge is 0.516 e. The van der Waals surface area contributed by atoms with Gasteiger partial charge in [-0.2, -0.15) is 0 Å². The summed E-state index contributed by atoms with van der Waals surface area (Å²) in [5, 5.41) is 15.9. The van der Waals surface area contributed by atoms with Gasteiger partial charge in [-0.15, -0.1) is 0 Å². The Bertz CT molecular complexity index is 415. The molecule has 0 unspecified atom stereocenters. The van der Waals surface area contributed by atoms with Gasteiger partial charge < -0.3 is 14.0 Å². The van der Waals surface area contributed by atoms with E-state index in [-0.39, 0.29) is 0 Å². The number of rotatable bonds is 9. The highest BCUT2D eigenvalue weighted by Crippen LogP contribution is 1.84. The van der Waals surface area contributed by atoms with Crippen molar-refractivity contribution in [1.82, 2.24) is 0 Å². The van der Waals surface area contributed by atoms with E-state index >= 15 is 0 Å². The zero-order valence-electron chi connectivity index (χ0n) is 13.9. The second-order valence-electron chi connectivity index (χ2n) is 4.44. The summed E-state index contributed by atoms with van der Waals surface area (Å²) in [6, 6.07) is 0. The predicted molar refractivity (Wildman–Crippen MR) is 82.5 cm³/mol. The van der Waals surface area contributed by atoms with Gasteiger partial charge in [-0.05, 0) is 20.3 Å². The minimum atomic E-state index is -1.55. The molecule has 10 heteroatoms. The van der Waals surface area contributed by atoms with Crippen LogP contribution in [0.1, 0.15) is 46.5 Å². The predicted octanol–water partition coefficient (Wildman–Crippen LogP) is 0.125. The van der Waals surface area contributed by atoms with Gasteiger partial charge in [0.15, 0.2) is 0 Å². The Kier molecular flexibility index (Phi) is 19.6. The first-order valence-corrected chi connectivity index (χ1v) is 7.29. The number of carbonyl (C=O) groups excluding carboxylic acids is 4. The van der Waals surface area contributed by atoms with Gasteiger partial charge in [-0.25, -0.2) is 9.59 Å². The number of Topliss-reactive ketones (excluding diaryl/α,β-unsaturated/α-hetero) is 4. The SMILES string of the molecule is CC(=O)CC(=O)C(=O)O.CC(=O)CC(=O)C(=O)O.CCCC[O][Al]. The first-order chi connectivity index (χ1) is 11.0. The Hall–Kier alpha value is -1.89. The molecule has 0 rings (SSSR count). The lowest BCUT2D eigenvalue weighted by Gasteiger charge is -1.91. The molecular weight excluding hydrogens is 339 g/mol. The van der Waals surface area contributed by atoms with E-state index in [1.54, 1.807) is 0 Å². The van der Waals surface area contributed by atoms with Gasteiger partial charge in [0, 0.05) is 6.61 Å². The number of hydrogen-bond donors (Lipinski definition) is 2. The van der Waals surface area contributed by atoms with Crippen LogP contribution in [0, 0.1) is 0 Å². The van der Waals surface area contributed by atoms with E-state index in [0.717, 1.165) is 6.61 Å². The van der Waals surface area contributed by atoms with E-state index in [1.165, 1.54) is 26.7 Å². The van der Waals surface area contributed by atoms with E-state index in [0.29, 0.717) is 0 Å². The molecule has 0 fully saturated rings. The van der Waals surface area contributed by atoms with Crippen LogP contribution in [0.25, 0.3) is 0 Å². The standard InChI is InChI=1S/2C5H6O4.C4H9O.Al/c2*1-3(6)2-4(7)5(8)9;1-2-3-4-5;/h2*2H2,1H3,(H,8,9);2-4H2,1H3;/q;;-1;+1. The summed E-state index contributed by atoms with van der Waals surface area (Å²) in [4.78, 5) is 59.9. The van der Waals surface area contributed by atoms with Gasteiger partial charge in [0.25, 0.3) is 0 Å². The molecule has 0 aliphatic heterocycles. The summed E-state index contributed by atoms with van der Waals surface area (Å²) in [5.74, 6) is -6.06. The number of ketones is 4. The highest BCUT2D eigenvalue weighted by Gasteiger charge is 2.13. The number of carboxylic acid groups (broad SMARTS) is 2. The molecule has 0 aliphatic carbocycles. The maximum Gasteiger partial charge on any atom is 0.372 e. The molecule has 9 nitrogen and oxygen atoms in total. The number of aliphatic carboxylic acids is 2. The molecular formula is C14H21AlO9. The molecule has 2 radical (unpaired) electrons. The van der Waals surface area contributed by atoms with Gasteiger partial charge in [0.1, 0.15) is 11.6 Å². The zero-order valence-corrected chi connectivity index (χ0v) is 15.0. The van der Waals surface area contributed by atoms with Crippen molar-refractivity contribution in [3.63, 3.8) is 0 Å². The fourth-order valence-corrected chi connectivity index (χ4v) is 0.998. The summed E-state index contributed by atoms with van der Waals surface area (Å²) in [6.07, 6.45) is 1.38. The van der Waals surface area contributed by atoms with E-state index in [1.807, 2.05) is 0 Å². The molecule has 0 aromatic heterocycles. The second-order valence-corrected chi connectivity index (χ2v) is 4.77. The first-order valence-electron chi connectivity index (χ1n) is 6.82. The fraction of sp³-hybridized carbons (Fsp3) is 0.571. The monoisotopic (exact) mass is 360 g/mol. The topological polar surface area (TPSA) is 152 Å². The summed E-state index contributed by atoms with van der Waals surface area (Å²) in [6.45, 7) is 5.35. The molecule has 0 saturated carbocycles. The van der Waals surface area contributed by atoms with Crippen molar-refractivity contribution in [3.05, 3.63) is 0 Å². The van der Waals surface area contributed by atoms with Gasteiger partial charge in [-0.1, -0.05) is 13.3 Å². The first kappa shape index (κ1) is 27.0. The average molecular weight is 360 g/mol. The van der Waals surface area contributed by atoms with E-state index in [2.05, 4.69) is 23.5 Å². The third-order valence-corrected chi connectivity index (χ3v) is 2.15. The van der Waals surface area contributed by atoms with Crippen LogP contribution in [0.3, 0.4) is 0 Å². The van der Waals surface area contributed by atoms with Crippen LogP contribution in [-0.4, -0.2) is 68.5 Å². The van der Waals surface area contributed by atoms with Crippen molar-refractivity contribution in [2.75, 3.05) is 6.61 Å². The lowest BCUT2D eigenvalue weighted by atomic mass is 10.2. The molecule has 0 bridgehead atoms. The molecule has 0 saturated heterocycles. The number of hydrogen-bond acceptors (Lipinski definition) is 7. The Morgan fingerprint density at radius 2 is 1.17 bits per heavy atom. The Morgan fingerprint density at radius 1 is 0.833 bits per heavy atom. The summed E-state index contributed by atoms with van der Waals surface area (Å²) < 4.78 is 4.70. The average Bonchev–Trinajstić information content (AvgIpc) is 2.44. The van der Waals surface area contributed by atoms with Crippen molar-refractivity contribution in [2.45, 2.75) is 46.5 Å². The lowest BCUT2D eigenvalue weighted by molar-refractivity contribution is -0.150. The number of carboxylic acids is 2. The third kappa shape index (κ3) is 25.1. The molecule has 0 heterocycles. The van der Waals surface area contributed by atoms with E-state index < -0.39 is 47.9 Å². The zero-order chi connectivity index (χ0) is 19.7. The lowest BCUT2D eigenvalue weighted by Crippen LogP contribution is -2.15. The van der Waals surface area contributed by atoms with E-state index in [4.69, 9.17) is 14.0 Å². The number of carbonyl (C=O) groups is 6. The Labute approximate surface area is 148 Å². The van der Waals surface area contributed by atoms with Gasteiger partial charge in [0.05, 0.1) is 12.8 Å². The smallest absolute Gasteiger partial charge is 0.372 e. The molecule has 0 spiro atoms. The molecule has 24 heavy (non-hydrogen) atoms. The van der Waals surface area contributed by atoms with Gasteiger partial charge >= 0.3 is 28.6 Å². The van der Waals surface area contributed by atoms with Gasteiger partial charge in [0.2, 0.25) is 11.6 Å². The van der Waals surface area contributed by atoms with E-state index in [9.17, 15) is 28.8 Å². The quantitative estimate of drug-likeness (QED) is 0.253.